The molecule has 2 heterocycles. The molecule has 4 nitrogen and oxygen atoms in total. The number of hydrogen-bond acceptors (Lipinski definition) is 3. The van der Waals surface area contributed by atoms with Crippen molar-refractivity contribution in [2.24, 2.45) is 0 Å². The van der Waals surface area contributed by atoms with E-state index in [1.807, 2.05) is 23.2 Å². The van der Waals surface area contributed by atoms with Gasteiger partial charge in [0.25, 0.3) is 0 Å². The van der Waals surface area contributed by atoms with Crippen molar-refractivity contribution in [1.82, 2.24) is 14.8 Å². The van der Waals surface area contributed by atoms with Gasteiger partial charge in [0.15, 0.2) is 5.11 Å². The van der Waals surface area contributed by atoms with Crippen LogP contribution in [-0.2, 0) is 11.3 Å². The predicted octanol–water partition coefficient (Wildman–Crippen LogP) is 1.59. The average molecular weight is 261 g/mol. The van der Waals surface area contributed by atoms with Gasteiger partial charge in [-0.15, -0.1) is 6.58 Å². The van der Waals surface area contributed by atoms with Gasteiger partial charge >= 0.3 is 0 Å². The van der Waals surface area contributed by atoms with Gasteiger partial charge in [0.1, 0.15) is 0 Å². The molecule has 5 heteroatoms. The summed E-state index contributed by atoms with van der Waals surface area (Å²) in [4.78, 5) is 19.4. The van der Waals surface area contributed by atoms with Crippen molar-refractivity contribution in [3.05, 3.63) is 42.7 Å². The molecule has 18 heavy (non-hydrogen) atoms. The molecular weight excluding hydrogens is 246 g/mol. The monoisotopic (exact) mass is 261 g/mol. The Kier molecular flexibility index (Phi) is 4.04. The number of hydrogen-bond donors (Lipinski definition) is 0. The first kappa shape index (κ1) is 12.7. The molecule has 2 rings (SSSR count). The van der Waals surface area contributed by atoms with Crippen molar-refractivity contribution in [1.29, 1.82) is 0 Å². The van der Waals surface area contributed by atoms with E-state index >= 15 is 0 Å². The molecule has 0 aliphatic carbocycles. The van der Waals surface area contributed by atoms with Gasteiger partial charge in [-0.1, -0.05) is 12.1 Å². The second-order valence-corrected chi connectivity index (χ2v) is 4.47. The smallest absolute Gasteiger partial charge is 0.230 e. The highest BCUT2D eigenvalue weighted by Crippen LogP contribution is 2.14. The second kappa shape index (κ2) is 5.73. The van der Waals surface area contributed by atoms with Gasteiger partial charge in [0.05, 0.1) is 0 Å². The number of carbonyl (C=O) groups excluding carboxylic acids is 1. The largest absolute Gasteiger partial charge is 0.344 e. The van der Waals surface area contributed by atoms with E-state index in [9.17, 15) is 4.79 Å². The SMILES string of the molecule is C=CCN1C(=O)CCN(Cc2cccnc2)C1=S. The third-order valence-electron chi connectivity index (χ3n) is 2.81. The summed E-state index contributed by atoms with van der Waals surface area (Å²) in [7, 11) is 0. The molecule has 0 unspecified atom stereocenters. The summed E-state index contributed by atoms with van der Waals surface area (Å²) in [6.45, 7) is 5.48. The van der Waals surface area contributed by atoms with E-state index in [0.29, 0.717) is 31.2 Å². The van der Waals surface area contributed by atoms with Crippen LogP contribution in [0.1, 0.15) is 12.0 Å². The van der Waals surface area contributed by atoms with E-state index in [1.165, 1.54) is 0 Å². The standard InChI is InChI=1S/C13H15N3OS/c1-2-7-16-12(17)5-8-15(13(16)18)10-11-4-3-6-14-9-11/h2-4,6,9H,1,5,7-8,10H2. The summed E-state index contributed by atoms with van der Waals surface area (Å²) in [6.07, 6.45) is 5.74. The Hall–Kier alpha value is -1.75. The fraction of sp³-hybridized carbons (Fsp3) is 0.308. The second-order valence-electron chi connectivity index (χ2n) is 4.11. The van der Waals surface area contributed by atoms with Crippen molar-refractivity contribution in [2.45, 2.75) is 13.0 Å². The van der Waals surface area contributed by atoms with Gasteiger partial charge in [-0.2, -0.15) is 0 Å². The molecule has 0 radical (unpaired) electrons. The van der Waals surface area contributed by atoms with E-state index in [0.717, 1.165) is 5.56 Å². The van der Waals surface area contributed by atoms with Gasteiger partial charge < -0.3 is 4.90 Å². The quantitative estimate of drug-likeness (QED) is 0.609. The first-order valence-electron chi connectivity index (χ1n) is 5.81. The van der Waals surface area contributed by atoms with Crippen molar-refractivity contribution in [3.8, 4) is 0 Å². The lowest BCUT2D eigenvalue weighted by Gasteiger charge is -2.36. The van der Waals surface area contributed by atoms with E-state index in [1.54, 1.807) is 17.2 Å². The normalized spacial score (nSPS) is 16.0. The Balaban J connectivity index is 2.08. The Morgan fingerprint density at radius 3 is 3.06 bits per heavy atom. The number of thiocarbonyl (C=S) groups is 1. The van der Waals surface area contributed by atoms with Crippen molar-refractivity contribution in [2.75, 3.05) is 13.1 Å². The Labute approximate surface area is 112 Å². The maximum absolute atomic E-state index is 11.7. The summed E-state index contributed by atoms with van der Waals surface area (Å²) < 4.78 is 0. The highest BCUT2D eigenvalue weighted by atomic mass is 32.1. The molecule has 1 aromatic rings. The fourth-order valence-electron chi connectivity index (χ4n) is 1.91. The summed E-state index contributed by atoms with van der Waals surface area (Å²) >= 11 is 5.35. The van der Waals surface area contributed by atoms with Crippen LogP contribution in [0.3, 0.4) is 0 Å². The molecule has 1 saturated heterocycles. The molecule has 1 amide bonds. The number of amides is 1. The lowest BCUT2D eigenvalue weighted by Crippen LogP contribution is -2.51. The highest BCUT2D eigenvalue weighted by molar-refractivity contribution is 7.80. The van der Waals surface area contributed by atoms with Gasteiger partial charge in [-0.25, -0.2) is 0 Å². The minimum atomic E-state index is 0.0716. The van der Waals surface area contributed by atoms with Crippen LogP contribution < -0.4 is 0 Å². The molecule has 1 aromatic heterocycles. The van der Waals surface area contributed by atoms with E-state index in [-0.39, 0.29) is 5.91 Å². The summed E-state index contributed by atoms with van der Waals surface area (Å²) in [5.41, 5.74) is 1.09. The Morgan fingerprint density at radius 2 is 2.39 bits per heavy atom. The number of rotatable bonds is 4. The lowest BCUT2D eigenvalue weighted by atomic mass is 10.2. The first-order valence-corrected chi connectivity index (χ1v) is 6.22. The van der Waals surface area contributed by atoms with Crippen LogP contribution in [0.4, 0.5) is 0 Å². The molecule has 0 bridgehead atoms. The lowest BCUT2D eigenvalue weighted by molar-refractivity contribution is -0.129. The predicted molar refractivity (Wildman–Crippen MR) is 73.8 cm³/mol. The van der Waals surface area contributed by atoms with Crippen LogP contribution in [0.2, 0.25) is 0 Å². The molecule has 1 fully saturated rings. The van der Waals surface area contributed by atoms with Crippen LogP contribution in [-0.4, -0.2) is 38.9 Å². The molecule has 0 saturated carbocycles. The van der Waals surface area contributed by atoms with E-state index in [4.69, 9.17) is 12.2 Å². The molecule has 0 aromatic carbocycles. The summed E-state index contributed by atoms with van der Waals surface area (Å²) in [5.74, 6) is 0.0716. The summed E-state index contributed by atoms with van der Waals surface area (Å²) in [5, 5.41) is 0.579. The zero-order valence-corrected chi connectivity index (χ0v) is 10.9. The third-order valence-corrected chi connectivity index (χ3v) is 3.28. The van der Waals surface area contributed by atoms with Crippen LogP contribution in [0.25, 0.3) is 0 Å². The highest BCUT2D eigenvalue weighted by Gasteiger charge is 2.27. The molecule has 94 valence electrons. The Morgan fingerprint density at radius 1 is 1.56 bits per heavy atom. The van der Waals surface area contributed by atoms with Gasteiger partial charge in [-0.3, -0.25) is 14.7 Å². The first-order chi connectivity index (χ1) is 8.72. The van der Waals surface area contributed by atoms with Crippen LogP contribution in [0, 0.1) is 0 Å². The van der Waals surface area contributed by atoms with Crippen LogP contribution in [0.5, 0.6) is 0 Å². The number of nitrogens with zero attached hydrogens (tertiary/aromatic N) is 3. The summed E-state index contributed by atoms with van der Waals surface area (Å²) in [6, 6.07) is 3.90. The van der Waals surface area contributed by atoms with Gasteiger partial charge in [0, 0.05) is 38.4 Å². The van der Waals surface area contributed by atoms with Crippen LogP contribution >= 0.6 is 12.2 Å². The fourth-order valence-corrected chi connectivity index (χ4v) is 2.24. The van der Waals surface area contributed by atoms with Gasteiger partial charge in [0.2, 0.25) is 5.91 Å². The molecular formula is C13H15N3OS. The minimum Gasteiger partial charge on any atom is -0.344 e. The van der Waals surface area contributed by atoms with Crippen molar-refractivity contribution in [3.63, 3.8) is 0 Å². The zero-order chi connectivity index (χ0) is 13.0. The maximum Gasteiger partial charge on any atom is 0.230 e. The van der Waals surface area contributed by atoms with Crippen molar-refractivity contribution < 1.29 is 4.79 Å². The number of pyridine rings is 1. The minimum absolute atomic E-state index is 0.0716. The van der Waals surface area contributed by atoms with Gasteiger partial charge in [-0.05, 0) is 23.8 Å². The topological polar surface area (TPSA) is 36.4 Å². The third kappa shape index (κ3) is 2.73. The van der Waals surface area contributed by atoms with E-state index in [2.05, 4.69) is 11.6 Å². The average Bonchev–Trinajstić information content (AvgIpc) is 2.39. The molecule has 0 spiro atoms. The van der Waals surface area contributed by atoms with Crippen LogP contribution in [0.15, 0.2) is 37.2 Å². The van der Waals surface area contributed by atoms with Crippen molar-refractivity contribution >= 4 is 23.2 Å². The zero-order valence-electron chi connectivity index (χ0n) is 10.1. The molecule has 1 aliphatic heterocycles. The maximum atomic E-state index is 11.7. The molecule has 0 N–H and O–H groups in total. The molecule has 1 aliphatic rings. The molecule has 0 atom stereocenters. The van der Waals surface area contributed by atoms with E-state index < -0.39 is 0 Å². The number of carbonyl (C=O) groups is 1. The Bertz CT molecular complexity index is 461. The number of aromatic nitrogens is 1.